The number of nitrogens with one attached hydrogen (secondary N) is 1. The molecule has 1 amide bonds. The highest BCUT2D eigenvalue weighted by Gasteiger charge is 2.13. The topological polar surface area (TPSA) is 46.9 Å². The number of rotatable bonds is 7. The van der Waals surface area contributed by atoms with Crippen LogP contribution in [0.4, 0.5) is 5.69 Å². The van der Waals surface area contributed by atoms with E-state index in [0.717, 1.165) is 35.9 Å². The number of unbranched alkanes of at least 4 members (excludes halogenated alkanes) is 1. The van der Waals surface area contributed by atoms with Crippen molar-refractivity contribution in [1.82, 2.24) is 9.55 Å². The van der Waals surface area contributed by atoms with E-state index < -0.39 is 0 Å². The maximum atomic E-state index is 12.1. The lowest BCUT2D eigenvalue weighted by atomic mass is 10.3. The fourth-order valence-corrected chi connectivity index (χ4v) is 3.22. The number of anilines is 1. The van der Waals surface area contributed by atoms with Gasteiger partial charge in [-0.1, -0.05) is 36.7 Å². The lowest BCUT2D eigenvalue weighted by molar-refractivity contribution is -0.113. The number of carbonyl (C=O) groups is 1. The molecule has 0 atom stereocenters. The number of benzene rings is 1. The van der Waals surface area contributed by atoms with Crippen molar-refractivity contribution in [2.45, 2.75) is 45.3 Å². The van der Waals surface area contributed by atoms with E-state index in [0.29, 0.717) is 10.8 Å². The summed E-state index contributed by atoms with van der Waals surface area (Å²) in [5.74, 6) is 0.294. The largest absolute Gasteiger partial charge is 0.325 e. The van der Waals surface area contributed by atoms with E-state index in [1.54, 1.807) is 24.3 Å². The van der Waals surface area contributed by atoms with Gasteiger partial charge < -0.3 is 9.88 Å². The molecule has 1 heterocycles. The molecule has 1 N–H and O–H groups in total. The Morgan fingerprint density at radius 2 is 2.00 bits per heavy atom. The summed E-state index contributed by atoms with van der Waals surface area (Å²) in [5.41, 5.74) is 2.96. The minimum Gasteiger partial charge on any atom is -0.325 e. The molecule has 4 nitrogen and oxygen atoms in total. The summed E-state index contributed by atoms with van der Waals surface area (Å²) >= 11 is 7.31. The first kappa shape index (κ1) is 17.9. The van der Waals surface area contributed by atoms with Crippen LogP contribution in [0, 0.1) is 13.8 Å². The standard InChI is InChI=1S/C17H22ClN3OS/c1-4-5-10-21-13(3)12(2)19-17(21)23-11-16(22)20-15-8-6-14(18)7-9-15/h6-9H,4-5,10-11H2,1-3H3,(H,20,22). The van der Waals surface area contributed by atoms with Gasteiger partial charge in [0.1, 0.15) is 0 Å². The van der Waals surface area contributed by atoms with Crippen molar-refractivity contribution in [3.8, 4) is 0 Å². The van der Waals surface area contributed by atoms with E-state index in [1.807, 2.05) is 6.92 Å². The Labute approximate surface area is 146 Å². The Kier molecular flexibility index (Phi) is 6.54. The molecule has 23 heavy (non-hydrogen) atoms. The van der Waals surface area contributed by atoms with Gasteiger partial charge in [0, 0.05) is 22.9 Å². The molecule has 0 saturated heterocycles. The Bertz CT molecular complexity index is 667. The van der Waals surface area contributed by atoms with Crippen molar-refractivity contribution in [3.05, 3.63) is 40.7 Å². The number of carbonyl (C=O) groups excluding carboxylic acids is 1. The van der Waals surface area contributed by atoms with Crippen molar-refractivity contribution in [2.75, 3.05) is 11.1 Å². The van der Waals surface area contributed by atoms with Crippen molar-refractivity contribution in [1.29, 1.82) is 0 Å². The number of aryl methyl sites for hydroxylation is 1. The van der Waals surface area contributed by atoms with Gasteiger partial charge in [0.15, 0.2) is 5.16 Å². The average Bonchev–Trinajstić information content (AvgIpc) is 2.80. The summed E-state index contributed by atoms with van der Waals surface area (Å²) in [6.07, 6.45) is 2.25. The quantitative estimate of drug-likeness (QED) is 0.736. The predicted molar refractivity (Wildman–Crippen MR) is 97.4 cm³/mol. The molecule has 0 unspecified atom stereocenters. The number of nitrogens with zero attached hydrogens (tertiary/aromatic N) is 2. The van der Waals surface area contributed by atoms with Crippen LogP contribution in [0.15, 0.2) is 29.4 Å². The second kappa shape index (κ2) is 8.41. The van der Waals surface area contributed by atoms with Gasteiger partial charge in [0.05, 0.1) is 11.4 Å². The number of hydrogen-bond donors (Lipinski definition) is 1. The van der Waals surface area contributed by atoms with Crippen LogP contribution < -0.4 is 5.32 Å². The molecule has 0 saturated carbocycles. The maximum Gasteiger partial charge on any atom is 0.234 e. The molecule has 0 radical (unpaired) electrons. The summed E-state index contributed by atoms with van der Waals surface area (Å²) in [5, 5.41) is 4.44. The van der Waals surface area contributed by atoms with Crippen LogP contribution in [-0.2, 0) is 11.3 Å². The molecule has 1 aromatic heterocycles. The number of hydrogen-bond acceptors (Lipinski definition) is 3. The number of thioether (sulfide) groups is 1. The van der Waals surface area contributed by atoms with E-state index in [1.165, 1.54) is 17.5 Å². The smallest absolute Gasteiger partial charge is 0.234 e. The summed E-state index contributed by atoms with van der Waals surface area (Å²) in [7, 11) is 0. The predicted octanol–water partition coefficient (Wildman–Crippen LogP) is 4.68. The third-order valence-electron chi connectivity index (χ3n) is 3.62. The van der Waals surface area contributed by atoms with Crippen LogP contribution in [0.3, 0.4) is 0 Å². The molecule has 0 fully saturated rings. The maximum absolute atomic E-state index is 12.1. The van der Waals surface area contributed by atoms with Gasteiger partial charge in [-0.15, -0.1) is 0 Å². The molecule has 2 aromatic rings. The molecule has 0 aliphatic carbocycles. The highest BCUT2D eigenvalue weighted by atomic mass is 35.5. The highest BCUT2D eigenvalue weighted by molar-refractivity contribution is 7.99. The van der Waals surface area contributed by atoms with Gasteiger partial charge in [-0.25, -0.2) is 4.98 Å². The van der Waals surface area contributed by atoms with Crippen molar-refractivity contribution < 1.29 is 4.79 Å². The Morgan fingerprint density at radius 1 is 1.30 bits per heavy atom. The molecule has 6 heteroatoms. The van der Waals surface area contributed by atoms with Gasteiger partial charge >= 0.3 is 0 Å². The van der Waals surface area contributed by atoms with E-state index >= 15 is 0 Å². The minimum absolute atomic E-state index is 0.0438. The highest BCUT2D eigenvalue weighted by Crippen LogP contribution is 2.22. The van der Waals surface area contributed by atoms with Crippen LogP contribution in [0.5, 0.6) is 0 Å². The van der Waals surface area contributed by atoms with Crippen LogP contribution in [0.25, 0.3) is 0 Å². The zero-order valence-electron chi connectivity index (χ0n) is 13.7. The Balaban J connectivity index is 1.95. The Morgan fingerprint density at radius 3 is 2.65 bits per heavy atom. The summed E-state index contributed by atoms with van der Waals surface area (Å²) in [6, 6.07) is 7.10. The second-order valence-electron chi connectivity index (χ2n) is 5.41. The summed E-state index contributed by atoms with van der Waals surface area (Å²) < 4.78 is 2.21. The first-order valence-electron chi connectivity index (χ1n) is 7.73. The van der Waals surface area contributed by atoms with Crippen molar-refractivity contribution >= 4 is 35.0 Å². The molecule has 124 valence electrons. The fraction of sp³-hybridized carbons (Fsp3) is 0.412. The normalized spacial score (nSPS) is 10.8. The van der Waals surface area contributed by atoms with E-state index in [2.05, 4.69) is 28.7 Å². The van der Waals surface area contributed by atoms with Gasteiger partial charge in [-0.3, -0.25) is 4.79 Å². The third kappa shape index (κ3) is 5.01. The first-order valence-corrected chi connectivity index (χ1v) is 9.09. The minimum atomic E-state index is -0.0438. The monoisotopic (exact) mass is 351 g/mol. The van der Waals surface area contributed by atoms with Crippen LogP contribution in [0.1, 0.15) is 31.2 Å². The third-order valence-corrected chi connectivity index (χ3v) is 4.85. The van der Waals surface area contributed by atoms with Gasteiger partial charge in [0.25, 0.3) is 0 Å². The van der Waals surface area contributed by atoms with Crippen LogP contribution >= 0.6 is 23.4 Å². The van der Waals surface area contributed by atoms with Crippen molar-refractivity contribution in [3.63, 3.8) is 0 Å². The van der Waals surface area contributed by atoms with E-state index in [4.69, 9.17) is 11.6 Å². The lowest BCUT2D eigenvalue weighted by Crippen LogP contribution is -2.14. The van der Waals surface area contributed by atoms with Gasteiger partial charge in [-0.2, -0.15) is 0 Å². The van der Waals surface area contributed by atoms with E-state index in [-0.39, 0.29) is 5.91 Å². The van der Waals surface area contributed by atoms with Crippen molar-refractivity contribution in [2.24, 2.45) is 0 Å². The fourth-order valence-electron chi connectivity index (χ4n) is 2.17. The molecular formula is C17H22ClN3OS. The molecule has 0 aliphatic rings. The number of imidazole rings is 1. The molecule has 0 aliphatic heterocycles. The first-order chi connectivity index (χ1) is 11.0. The zero-order chi connectivity index (χ0) is 16.8. The molecule has 0 spiro atoms. The molecule has 2 rings (SSSR count). The summed E-state index contributed by atoms with van der Waals surface area (Å²) in [4.78, 5) is 16.7. The lowest BCUT2D eigenvalue weighted by Gasteiger charge is -2.09. The van der Waals surface area contributed by atoms with Crippen LogP contribution in [0.2, 0.25) is 5.02 Å². The average molecular weight is 352 g/mol. The SMILES string of the molecule is CCCCn1c(SCC(=O)Nc2ccc(Cl)cc2)nc(C)c1C. The second-order valence-corrected chi connectivity index (χ2v) is 6.79. The summed E-state index contributed by atoms with van der Waals surface area (Å²) in [6.45, 7) is 7.21. The van der Waals surface area contributed by atoms with Gasteiger partial charge in [-0.05, 0) is 44.5 Å². The number of amides is 1. The van der Waals surface area contributed by atoms with Gasteiger partial charge in [0.2, 0.25) is 5.91 Å². The molecule has 0 bridgehead atoms. The Hall–Kier alpha value is -1.46. The molecular weight excluding hydrogens is 330 g/mol. The zero-order valence-corrected chi connectivity index (χ0v) is 15.3. The van der Waals surface area contributed by atoms with Crippen LogP contribution in [-0.4, -0.2) is 21.2 Å². The van der Waals surface area contributed by atoms with E-state index in [9.17, 15) is 4.79 Å². The molecule has 1 aromatic carbocycles. The number of halogens is 1. The number of aromatic nitrogens is 2.